The van der Waals surface area contributed by atoms with Gasteiger partial charge in [0.25, 0.3) is 5.91 Å². The van der Waals surface area contributed by atoms with Crippen LogP contribution in [0, 0.1) is 0 Å². The molecule has 0 aliphatic heterocycles. The van der Waals surface area contributed by atoms with Gasteiger partial charge in [0.15, 0.2) is 11.7 Å². The number of amides is 2. The van der Waals surface area contributed by atoms with Gasteiger partial charge in [0.2, 0.25) is 5.91 Å². The molecule has 0 radical (unpaired) electrons. The molecule has 0 spiro atoms. The van der Waals surface area contributed by atoms with Crippen molar-refractivity contribution in [3.63, 3.8) is 0 Å². The molecule has 0 saturated heterocycles. The molecule has 13 heteroatoms. The highest BCUT2D eigenvalue weighted by Crippen LogP contribution is 2.32. The lowest BCUT2D eigenvalue weighted by atomic mass is 10.0. The first-order valence-corrected chi connectivity index (χ1v) is 9.57. The number of alkyl halides is 3. The van der Waals surface area contributed by atoms with Crippen molar-refractivity contribution in [2.45, 2.75) is 18.6 Å². The van der Waals surface area contributed by atoms with E-state index in [1.807, 2.05) is 0 Å². The number of hydrogen-bond donors (Lipinski definition) is 5. The molecule has 10 nitrogen and oxygen atoms in total. The van der Waals surface area contributed by atoms with E-state index in [-0.39, 0.29) is 11.3 Å². The van der Waals surface area contributed by atoms with E-state index >= 15 is 0 Å². The molecule has 1 unspecified atom stereocenters. The predicted octanol–water partition coefficient (Wildman–Crippen LogP) is 1.18. The second-order valence-electron chi connectivity index (χ2n) is 6.93. The van der Waals surface area contributed by atoms with Gasteiger partial charge in [0.05, 0.1) is 24.2 Å². The van der Waals surface area contributed by atoms with Crippen LogP contribution in [-0.4, -0.2) is 47.2 Å². The highest BCUT2D eigenvalue weighted by Gasteiger charge is 2.32. The summed E-state index contributed by atoms with van der Waals surface area (Å²) >= 11 is 0. The first kappa shape index (κ1) is 25.8. The minimum atomic E-state index is -4.80. The molecule has 0 aliphatic rings. The van der Waals surface area contributed by atoms with Crippen LogP contribution >= 0.6 is 0 Å². The van der Waals surface area contributed by atoms with Gasteiger partial charge < -0.3 is 27.2 Å². The smallest absolute Gasteiger partial charge is 0.416 e. The molecular weight excluding hydrogens is 459 g/mol. The van der Waals surface area contributed by atoms with Gasteiger partial charge in [-0.15, -0.1) is 0 Å². The Hall–Kier alpha value is -4.42. The van der Waals surface area contributed by atoms with Crippen molar-refractivity contribution in [1.82, 2.24) is 10.6 Å². The molecule has 0 aliphatic carbocycles. The summed E-state index contributed by atoms with van der Waals surface area (Å²) in [6.45, 7) is -0.745. The Kier molecular flexibility index (Phi) is 8.31. The van der Waals surface area contributed by atoms with Crippen LogP contribution < -0.4 is 22.1 Å². The molecule has 0 heterocycles. The minimum absolute atomic E-state index is 0.161. The number of benzene rings is 2. The van der Waals surface area contributed by atoms with Crippen LogP contribution in [0.25, 0.3) is 0 Å². The Labute approximate surface area is 190 Å². The topological polar surface area (TPSA) is 177 Å². The van der Waals surface area contributed by atoms with Crippen LogP contribution in [0.2, 0.25) is 0 Å². The van der Waals surface area contributed by atoms with Crippen LogP contribution in [0.15, 0.2) is 53.5 Å². The monoisotopic (exact) mass is 479 g/mol. The second-order valence-corrected chi connectivity index (χ2v) is 6.93. The third kappa shape index (κ3) is 7.62. The van der Waals surface area contributed by atoms with E-state index in [1.54, 1.807) is 18.2 Å². The van der Waals surface area contributed by atoms with Gasteiger partial charge in [-0.2, -0.15) is 13.2 Å². The van der Waals surface area contributed by atoms with E-state index in [0.717, 1.165) is 6.07 Å². The van der Waals surface area contributed by atoms with Gasteiger partial charge >= 0.3 is 12.1 Å². The number of halogens is 3. The molecule has 2 rings (SSSR count). The third-order valence-corrected chi connectivity index (χ3v) is 4.26. The fourth-order valence-corrected chi connectivity index (χ4v) is 2.82. The molecule has 1 atom stereocenters. The van der Waals surface area contributed by atoms with Gasteiger partial charge in [-0.3, -0.25) is 19.2 Å². The van der Waals surface area contributed by atoms with E-state index in [9.17, 15) is 32.3 Å². The van der Waals surface area contributed by atoms with Gasteiger partial charge in [0, 0.05) is 11.1 Å². The molecule has 0 bridgehead atoms. The number of carbonyl (C=O) groups is 4. The number of guanidine groups is 1. The van der Waals surface area contributed by atoms with Crippen molar-refractivity contribution in [3.05, 3.63) is 65.2 Å². The van der Waals surface area contributed by atoms with E-state index in [1.165, 1.54) is 12.1 Å². The molecule has 34 heavy (non-hydrogen) atoms. The average molecular weight is 479 g/mol. The van der Waals surface area contributed by atoms with Crippen molar-refractivity contribution < 1.29 is 37.5 Å². The summed E-state index contributed by atoms with van der Waals surface area (Å²) < 4.78 is 39.4. The number of hydrogen-bond acceptors (Lipinski definition) is 5. The number of carbonyl (C=O) groups excluding carboxylic acids is 3. The lowest BCUT2D eigenvalue weighted by Crippen LogP contribution is -2.46. The largest absolute Gasteiger partial charge is 0.481 e. The number of ketones is 1. The number of carboxylic acids is 1. The average Bonchev–Trinajstić information content (AvgIpc) is 2.75. The predicted molar refractivity (Wildman–Crippen MR) is 114 cm³/mol. The van der Waals surface area contributed by atoms with Crippen LogP contribution in [0.1, 0.15) is 32.7 Å². The zero-order chi connectivity index (χ0) is 25.5. The normalized spacial score (nSPS) is 11.7. The zero-order valence-corrected chi connectivity index (χ0v) is 17.4. The lowest BCUT2D eigenvalue weighted by molar-refractivity contribution is -0.138. The van der Waals surface area contributed by atoms with Crippen LogP contribution in [-0.2, 0) is 15.8 Å². The van der Waals surface area contributed by atoms with E-state index in [4.69, 9.17) is 16.6 Å². The number of carboxylic acid groups (broad SMARTS) is 1. The summed E-state index contributed by atoms with van der Waals surface area (Å²) in [5.74, 6) is -4.53. The zero-order valence-electron chi connectivity index (χ0n) is 17.4. The van der Waals surface area contributed by atoms with Gasteiger partial charge in [-0.25, -0.2) is 4.99 Å². The van der Waals surface area contributed by atoms with Gasteiger partial charge in [-0.05, 0) is 18.2 Å². The van der Waals surface area contributed by atoms with E-state index in [2.05, 4.69) is 15.6 Å². The molecule has 7 N–H and O–H groups in total. The summed E-state index contributed by atoms with van der Waals surface area (Å²) in [5, 5.41) is 13.4. The third-order valence-electron chi connectivity index (χ3n) is 4.26. The Morgan fingerprint density at radius 1 is 1.00 bits per heavy atom. The van der Waals surface area contributed by atoms with Crippen LogP contribution in [0.4, 0.5) is 18.9 Å². The summed E-state index contributed by atoms with van der Waals surface area (Å²) in [5.41, 5.74) is 8.51. The van der Waals surface area contributed by atoms with Crippen molar-refractivity contribution >= 4 is 35.2 Å². The highest BCUT2D eigenvalue weighted by atomic mass is 19.4. The van der Waals surface area contributed by atoms with Crippen molar-refractivity contribution in [2.75, 3.05) is 6.54 Å². The number of nitrogens with two attached hydrogens (primary N) is 2. The minimum Gasteiger partial charge on any atom is -0.481 e. The van der Waals surface area contributed by atoms with Crippen molar-refractivity contribution in [1.29, 1.82) is 0 Å². The van der Waals surface area contributed by atoms with Gasteiger partial charge in [-0.1, -0.05) is 30.3 Å². The van der Waals surface area contributed by atoms with Crippen molar-refractivity contribution in [2.24, 2.45) is 16.5 Å². The standard InChI is InChI=1S/C21H20F3N5O5/c22-21(23,24)13-6-12(7-14(8-13)28-20(25)26)19(34)27-10-16(30)29-15(9-17(31)32)18(33)11-4-2-1-3-5-11/h1-8,15H,9-10H2,(H,27,34)(H,29,30)(H,31,32)(H4,25,26,28). The van der Waals surface area contributed by atoms with E-state index in [0.29, 0.717) is 12.1 Å². The number of aliphatic carboxylic acids is 1. The molecule has 0 fully saturated rings. The Morgan fingerprint density at radius 3 is 2.21 bits per heavy atom. The maximum Gasteiger partial charge on any atom is 0.416 e. The number of rotatable bonds is 9. The maximum absolute atomic E-state index is 13.1. The maximum atomic E-state index is 13.1. The van der Waals surface area contributed by atoms with Crippen LogP contribution in [0.5, 0.6) is 0 Å². The van der Waals surface area contributed by atoms with Crippen molar-refractivity contribution in [3.8, 4) is 0 Å². The SMILES string of the molecule is NC(N)=Nc1cc(C(=O)NCC(=O)NC(CC(=O)O)C(=O)c2ccccc2)cc(C(F)(F)F)c1. The first-order chi connectivity index (χ1) is 15.9. The van der Waals surface area contributed by atoms with E-state index < -0.39 is 65.8 Å². The summed E-state index contributed by atoms with van der Waals surface area (Å²) in [7, 11) is 0. The number of nitrogens with one attached hydrogen (secondary N) is 2. The molecule has 2 aromatic rings. The Balaban J connectivity index is 2.13. The fourth-order valence-electron chi connectivity index (χ4n) is 2.82. The van der Waals surface area contributed by atoms with Crippen LogP contribution in [0.3, 0.4) is 0 Å². The first-order valence-electron chi connectivity index (χ1n) is 9.57. The fraction of sp³-hybridized carbons (Fsp3) is 0.190. The summed E-state index contributed by atoms with van der Waals surface area (Å²) in [6.07, 6.45) is -5.52. The molecule has 0 saturated carbocycles. The molecule has 0 aromatic heterocycles. The number of Topliss-reactive ketones (excluding diaryl/α,β-unsaturated/α-hetero) is 1. The quantitative estimate of drug-likeness (QED) is 0.204. The number of nitrogens with zero attached hydrogens (tertiary/aromatic N) is 1. The Morgan fingerprint density at radius 2 is 1.65 bits per heavy atom. The summed E-state index contributed by atoms with van der Waals surface area (Å²) in [6, 6.07) is 8.36. The summed E-state index contributed by atoms with van der Waals surface area (Å²) in [4.78, 5) is 51.7. The molecule has 2 aromatic carbocycles. The molecule has 2 amide bonds. The second kappa shape index (κ2) is 10.9. The Bertz CT molecular complexity index is 1120. The number of aliphatic imine (C=N–C) groups is 1. The highest BCUT2D eigenvalue weighted by molar-refractivity contribution is 6.04. The lowest BCUT2D eigenvalue weighted by Gasteiger charge is -2.16. The molecule has 180 valence electrons. The van der Waals surface area contributed by atoms with Gasteiger partial charge in [0.1, 0.15) is 6.04 Å². The molecular formula is C21H20F3N5O5.